The van der Waals surface area contributed by atoms with E-state index in [-0.39, 0.29) is 25.9 Å². The summed E-state index contributed by atoms with van der Waals surface area (Å²) in [5.74, 6) is -1.53. The third kappa shape index (κ3) is 7.17. The first kappa shape index (κ1) is 26.9. The number of nitrogens with zero attached hydrogens (tertiary/aromatic N) is 2. The summed E-state index contributed by atoms with van der Waals surface area (Å²) in [7, 11) is 2.88. The predicted molar refractivity (Wildman–Crippen MR) is 132 cm³/mol. The Kier molecular flexibility index (Phi) is 8.43. The SMILES string of the molecule is BC1(O)CC(N(Cc2ccc(F)cc2)C(=O)NCc2ccc(OCC(C)C)cc2)CC(O)(O)N1C. The van der Waals surface area contributed by atoms with Crippen LogP contribution in [0.25, 0.3) is 0 Å². The normalized spacial score (nSPS) is 22.1. The number of piperidine rings is 1. The fraction of sp³-hybridized carbons (Fsp3) is 0.480. The van der Waals surface area contributed by atoms with Crippen LogP contribution in [0.3, 0.4) is 0 Å². The van der Waals surface area contributed by atoms with E-state index in [1.54, 1.807) is 12.1 Å². The maximum atomic E-state index is 13.4. The maximum absolute atomic E-state index is 13.4. The molecule has 4 N–H and O–H groups in total. The molecule has 1 aliphatic heterocycles. The Labute approximate surface area is 206 Å². The van der Waals surface area contributed by atoms with Crippen LogP contribution in [0.2, 0.25) is 0 Å². The van der Waals surface area contributed by atoms with Crippen molar-refractivity contribution in [3.05, 3.63) is 65.5 Å². The second-order valence-corrected chi connectivity index (χ2v) is 9.87. The molecule has 0 spiro atoms. The molecule has 35 heavy (non-hydrogen) atoms. The molecule has 3 rings (SSSR count). The minimum Gasteiger partial charge on any atom is -0.493 e. The van der Waals surface area contributed by atoms with Crippen LogP contribution in [0.1, 0.15) is 37.8 Å². The molecule has 1 heterocycles. The Balaban J connectivity index is 1.74. The van der Waals surface area contributed by atoms with Crippen molar-refractivity contribution in [1.29, 1.82) is 0 Å². The molecule has 2 aromatic rings. The van der Waals surface area contributed by atoms with Gasteiger partial charge in [0.2, 0.25) is 5.91 Å². The molecule has 1 aliphatic rings. The smallest absolute Gasteiger partial charge is 0.318 e. The summed E-state index contributed by atoms with van der Waals surface area (Å²) >= 11 is 0. The van der Waals surface area contributed by atoms with Gasteiger partial charge in [-0.2, -0.15) is 0 Å². The largest absolute Gasteiger partial charge is 0.493 e. The topological polar surface area (TPSA) is 106 Å². The minimum absolute atomic E-state index is 0.100. The van der Waals surface area contributed by atoms with Gasteiger partial charge in [0, 0.05) is 32.0 Å². The van der Waals surface area contributed by atoms with Gasteiger partial charge in [-0.25, -0.2) is 14.1 Å². The van der Waals surface area contributed by atoms with Gasteiger partial charge in [-0.1, -0.05) is 38.1 Å². The molecule has 1 saturated heterocycles. The molecule has 2 atom stereocenters. The number of aliphatic hydroxyl groups is 3. The lowest BCUT2D eigenvalue weighted by atomic mass is 9.77. The second-order valence-electron chi connectivity index (χ2n) is 9.87. The maximum Gasteiger partial charge on any atom is 0.318 e. The highest BCUT2D eigenvalue weighted by molar-refractivity contribution is 6.14. The molecule has 190 valence electrons. The lowest BCUT2D eigenvalue weighted by molar-refractivity contribution is -0.327. The van der Waals surface area contributed by atoms with Gasteiger partial charge in [0.05, 0.1) is 12.2 Å². The number of rotatable bonds is 8. The molecule has 2 aromatic carbocycles. The Morgan fingerprint density at radius 1 is 1.14 bits per heavy atom. The van der Waals surface area contributed by atoms with Crippen molar-refractivity contribution in [2.45, 2.75) is 57.4 Å². The summed E-state index contributed by atoms with van der Waals surface area (Å²) in [6.45, 7) is 5.11. The molecule has 0 saturated carbocycles. The van der Waals surface area contributed by atoms with Gasteiger partial charge in [0.1, 0.15) is 11.6 Å². The van der Waals surface area contributed by atoms with Crippen LogP contribution in [0.5, 0.6) is 5.75 Å². The molecule has 10 heteroatoms. The average molecular weight is 487 g/mol. The summed E-state index contributed by atoms with van der Waals surface area (Å²) in [5.41, 5.74) is -0.0150. The van der Waals surface area contributed by atoms with Crippen LogP contribution < -0.4 is 10.1 Å². The van der Waals surface area contributed by atoms with Crippen LogP contribution in [0.15, 0.2) is 48.5 Å². The first-order valence-electron chi connectivity index (χ1n) is 11.8. The molecule has 1 fully saturated rings. The number of nitrogens with one attached hydrogen (secondary N) is 1. The number of amides is 2. The summed E-state index contributed by atoms with van der Waals surface area (Å²) in [4.78, 5) is 15.8. The molecule has 8 nitrogen and oxygen atoms in total. The molecular formula is C25H35BFN3O5. The zero-order valence-electron chi connectivity index (χ0n) is 20.7. The van der Waals surface area contributed by atoms with E-state index in [0.29, 0.717) is 18.1 Å². The zero-order chi connectivity index (χ0) is 25.8. The third-order valence-corrected chi connectivity index (χ3v) is 6.31. The quantitative estimate of drug-likeness (QED) is 0.333. The number of urea groups is 1. The van der Waals surface area contributed by atoms with Crippen LogP contribution in [0.4, 0.5) is 9.18 Å². The predicted octanol–water partition coefficient (Wildman–Crippen LogP) is 1.58. The fourth-order valence-electron chi connectivity index (χ4n) is 4.11. The van der Waals surface area contributed by atoms with E-state index < -0.39 is 29.4 Å². The van der Waals surface area contributed by atoms with Crippen molar-refractivity contribution in [2.75, 3.05) is 13.7 Å². The Hall–Kier alpha value is -2.66. The van der Waals surface area contributed by atoms with E-state index in [9.17, 15) is 24.5 Å². The molecule has 0 aromatic heterocycles. The highest BCUT2D eigenvalue weighted by Gasteiger charge is 2.50. The van der Waals surface area contributed by atoms with Crippen LogP contribution in [0, 0.1) is 11.7 Å². The van der Waals surface area contributed by atoms with Gasteiger partial charge in [0.15, 0.2) is 7.85 Å². The lowest BCUT2D eigenvalue weighted by Crippen LogP contribution is -2.68. The van der Waals surface area contributed by atoms with Gasteiger partial charge in [-0.15, -0.1) is 0 Å². The first-order chi connectivity index (χ1) is 16.4. The van der Waals surface area contributed by atoms with Gasteiger partial charge < -0.3 is 30.3 Å². The summed E-state index contributed by atoms with van der Waals surface area (Å²) < 4.78 is 19.1. The number of ether oxygens (including phenoxy) is 1. The Bertz CT molecular complexity index is 968. The third-order valence-electron chi connectivity index (χ3n) is 6.31. The average Bonchev–Trinajstić information content (AvgIpc) is 2.79. The van der Waals surface area contributed by atoms with E-state index in [1.807, 2.05) is 24.3 Å². The van der Waals surface area contributed by atoms with Crippen LogP contribution in [-0.2, 0) is 13.1 Å². The highest BCUT2D eigenvalue weighted by Crippen LogP contribution is 2.34. The summed E-state index contributed by atoms with van der Waals surface area (Å²) in [6, 6.07) is 12.1. The van der Waals surface area contributed by atoms with Gasteiger partial charge in [-0.3, -0.25) is 0 Å². The molecule has 0 bridgehead atoms. The van der Waals surface area contributed by atoms with Crippen molar-refractivity contribution in [3.63, 3.8) is 0 Å². The molecule has 0 aliphatic carbocycles. The van der Waals surface area contributed by atoms with E-state index in [0.717, 1.165) is 16.2 Å². The molecular weight excluding hydrogens is 452 g/mol. The number of carbonyl (C=O) groups excluding carboxylic acids is 1. The number of hydrogen-bond acceptors (Lipinski definition) is 6. The molecule has 2 amide bonds. The Morgan fingerprint density at radius 2 is 1.74 bits per heavy atom. The van der Waals surface area contributed by atoms with Crippen LogP contribution in [-0.4, -0.2) is 70.2 Å². The lowest BCUT2D eigenvalue weighted by Gasteiger charge is -2.51. The van der Waals surface area contributed by atoms with Crippen molar-refractivity contribution >= 4 is 13.9 Å². The first-order valence-corrected chi connectivity index (χ1v) is 11.8. The Morgan fingerprint density at radius 3 is 2.31 bits per heavy atom. The van der Waals surface area contributed by atoms with Crippen LogP contribution >= 0.6 is 0 Å². The summed E-state index contributed by atoms with van der Waals surface area (Å²) in [5, 5.41) is 34.6. The van der Waals surface area contributed by atoms with Crippen molar-refractivity contribution in [2.24, 2.45) is 5.92 Å². The number of carbonyl (C=O) groups is 1. The van der Waals surface area contributed by atoms with E-state index in [1.165, 1.54) is 31.9 Å². The van der Waals surface area contributed by atoms with Crippen molar-refractivity contribution < 1.29 is 29.2 Å². The number of likely N-dealkylation sites (tertiary alicyclic amines) is 1. The van der Waals surface area contributed by atoms with E-state index in [4.69, 9.17) is 4.74 Å². The second kappa shape index (κ2) is 10.9. The monoisotopic (exact) mass is 487 g/mol. The van der Waals surface area contributed by atoms with Gasteiger partial charge in [0.25, 0.3) is 0 Å². The fourth-order valence-corrected chi connectivity index (χ4v) is 4.11. The van der Waals surface area contributed by atoms with Gasteiger partial charge in [-0.05, 0) is 48.4 Å². The standard InChI is InChI=1S/C25H35BFN3O5/c1-17(2)16-35-22-10-6-18(7-11-22)14-28-23(31)30(15-19-4-8-20(27)9-5-19)21-12-24(26,32)29(3)25(33,34)13-21/h4-11,17,21,32-34H,12-16,26H2,1-3H3,(H,28,31). The van der Waals surface area contributed by atoms with Crippen molar-refractivity contribution in [3.8, 4) is 5.75 Å². The number of halogens is 1. The van der Waals surface area contributed by atoms with E-state index in [2.05, 4.69) is 19.2 Å². The molecule has 0 radical (unpaired) electrons. The zero-order valence-corrected chi connectivity index (χ0v) is 20.7. The number of hydrogen-bond donors (Lipinski definition) is 4. The highest BCUT2D eigenvalue weighted by atomic mass is 19.1. The number of benzene rings is 2. The summed E-state index contributed by atoms with van der Waals surface area (Å²) in [6.07, 6.45) is -0.0843. The van der Waals surface area contributed by atoms with Gasteiger partial charge >= 0.3 is 6.03 Å². The molecule has 2 unspecified atom stereocenters. The minimum atomic E-state index is -2.31. The van der Waals surface area contributed by atoms with E-state index >= 15 is 0 Å². The van der Waals surface area contributed by atoms with Crippen molar-refractivity contribution in [1.82, 2.24) is 15.1 Å².